The molecule has 3 aromatic carbocycles. The van der Waals surface area contributed by atoms with Crippen molar-refractivity contribution in [1.29, 1.82) is 0 Å². The Hall–Kier alpha value is -3.53. The SMILES string of the molecule is Cc1ccc(C(=O)[C@H](OC(=O)/C=C/c2ccccc2F)c2ccc(C)cc2)cc1. The van der Waals surface area contributed by atoms with Crippen LogP contribution >= 0.6 is 0 Å². The minimum absolute atomic E-state index is 0.265. The number of benzene rings is 3. The van der Waals surface area contributed by atoms with Crippen molar-refractivity contribution < 1.29 is 18.7 Å². The number of halogens is 1. The number of aryl methyl sites for hydroxylation is 2. The summed E-state index contributed by atoms with van der Waals surface area (Å²) in [4.78, 5) is 25.4. The maximum absolute atomic E-state index is 13.7. The van der Waals surface area contributed by atoms with Crippen molar-refractivity contribution in [2.75, 3.05) is 0 Å². The predicted molar refractivity (Wildman–Crippen MR) is 111 cm³/mol. The number of rotatable bonds is 6. The molecule has 0 bridgehead atoms. The molecule has 0 aromatic heterocycles. The number of carbonyl (C=O) groups excluding carboxylic acids is 2. The lowest BCUT2D eigenvalue weighted by Gasteiger charge is -2.17. The smallest absolute Gasteiger partial charge is 0.331 e. The first-order chi connectivity index (χ1) is 13.9. The Labute approximate surface area is 169 Å². The van der Waals surface area contributed by atoms with Crippen molar-refractivity contribution in [1.82, 2.24) is 0 Å². The van der Waals surface area contributed by atoms with Gasteiger partial charge >= 0.3 is 5.97 Å². The zero-order valence-corrected chi connectivity index (χ0v) is 16.3. The van der Waals surface area contributed by atoms with Crippen LogP contribution in [-0.2, 0) is 9.53 Å². The second-order valence-electron chi connectivity index (χ2n) is 6.81. The number of esters is 1. The molecule has 0 saturated heterocycles. The molecule has 29 heavy (non-hydrogen) atoms. The number of ketones is 1. The molecule has 0 saturated carbocycles. The van der Waals surface area contributed by atoms with E-state index in [1.165, 1.54) is 12.1 Å². The second-order valence-corrected chi connectivity index (χ2v) is 6.81. The highest BCUT2D eigenvalue weighted by molar-refractivity contribution is 6.01. The third-order valence-corrected chi connectivity index (χ3v) is 4.49. The average molecular weight is 388 g/mol. The Bertz CT molecular complexity index is 1030. The molecule has 3 nitrogen and oxygen atoms in total. The highest BCUT2D eigenvalue weighted by atomic mass is 19.1. The van der Waals surface area contributed by atoms with Crippen molar-refractivity contribution in [2.45, 2.75) is 20.0 Å². The molecule has 0 aliphatic heterocycles. The standard InChI is InChI=1S/C25H21FO3/c1-17-7-11-20(12-8-17)24(28)25(21-13-9-18(2)10-14-21)29-23(27)16-15-19-5-3-4-6-22(19)26/h3-16,25H,1-2H3/b16-15+/t25-/m1/s1. The molecule has 146 valence electrons. The maximum atomic E-state index is 13.7. The average Bonchev–Trinajstić information content (AvgIpc) is 2.72. The number of Topliss-reactive ketones (excluding diaryl/α,β-unsaturated/α-hetero) is 1. The first kappa shape index (κ1) is 20.2. The van der Waals surface area contributed by atoms with E-state index >= 15 is 0 Å². The molecule has 0 radical (unpaired) electrons. The van der Waals surface area contributed by atoms with Crippen LogP contribution in [0.25, 0.3) is 6.08 Å². The van der Waals surface area contributed by atoms with Gasteiger partial charge in [-0.25, -0.2) is 9.18 Å². The van der Waals surface area contributed by atoms with Gasteiger partial charge in [0.2, 0.25) is 5.78 Å². The van der Waals surface area contributed by atoms with Crippen LogP contribution in [0.4, 0.5) is 4.39 Å². The van der Waals surface area contributed by atoms with E-state index < -0.39 is 17.9 Å². The number of ether oxygens (including phenoxy) is 1. The maximum Gasteiger partial charge on any atom is 0.331 e. The highest BCUT2D eigenvalue weighted by Crippen LogP contribution is 2.24. The first-order valence-electron chi connectivity index (χ1n) is 9.25. The van der Waals surface area contributed by atoms with Gasteiger partial charge in [0.15, 0.2) is 6.10 Å². The van der Waals surface area contributed by atoms with Gasteiger partial charge in [-0.1, -0.05) is 77.9 Å². The van der Waals surface area contributed by atoms with Crippen molar-refractivity contribution >= 4 is 17.8 Å². The van der Waals surface area contributed by atoms with Gasteiger partial charge in [-0.3, -0.25) is 4.79 Å². The summed E-state index contributed by atoms with van der Waals surface area (Å²) in [6, 6.07) is 20.4. The molecular weight excluding hydrogens is 367 g/mol. The quantitative estimate of drug-likeness (QED) is 0.313. The molecule has 0 N–H and O–H groups in total. The fourth-order valence-electron chi connectivity index (χ4n) is 2.81. The molecule has 0 heterocycles. The fraction of sp³-hybridized carbons (Fsp3) is 0.120. The Kier molecular flexibility index (Phi) is 6.35. The summed E-state index contributed by atoms with van der Waals surface area (Å²) in [5.74, 6) is -1.48. The molecule has 4 heteroatoms. The minimum Gasteiger partial charge on any atom is -0.446 e. The Morgan fingerprint density at radius 2 is 1.45 bits per heavy atom. The monoisotopic (exact) mass is 388 g/mol. The molecule has 0 aliphatic carbocycles. The zero-order valence-electron chi connectivity index (χ0n) is 16.3. The van der Waals surface area contributed by atoms with E-state index in [0.717, 1.165) is 17.2 Å². The topological polar surface area (TPSA) is 43.4 Å². The number of carbonyl (C=O) groups is 2. The van der Waals surface area contributed by atoms with Crippen molar-refractivity contribution in [3.63, 3.8) is 0 Å². The van der Waals surface area contributed by atoms with Crippen LogP contribution in [-0.4, -0.2) is 11.8 Å². The lowest BCUT2D eigenvalue weighted by atomic mass is 9.98. The van der Waals surface area contributed by atoms with E-state index in [1.54, 1.807) is 42.5 Å². The van der Waals surface area contributed by atoms with E-state index in [0.29, 0.717) is 11.1 Å². The Balaban J connectivity index is 1.85. The van der Waals surface area contributed by atoms with Gasteiger partial charge in [-0.15, -0.1) is 0 Å². The van der Waals surface area contributed by atoms with E-state index in [9.17, 15) is 14.0 Å². The Morgan fingerprint density at radius 1 is 0.862 bits per heavy atom. The third-order valence-electron chi connectivity index (χ3n) is 4.49. The van der Waals surface area contributed by atoms with Crippen LogP contribution in [0.2, 0.25) is 0 Å². The van der Waals surface area contributed by atoms with E-state index in [1.807, 2.05) is 38.1 Å². The largest absolute Gasteiger partial charge is 0.446 e. The first-order valence-corrected chi connectivity index (χ1v) is 9.25. The molecular formula is C25H21FO3. The fourth-order valence-corrected chi connectivity index (χ4v) is 2.81. The second kappa shape index (κ2) is 9.11. The lowest BCUT2D eigenvalue weighted by Crippen LogP contribution is -2.19. The summed E-state index contributed by atoms with van der Waals surface area (Å²) >= 11 is 0. The summed E-state index contributed by atoms with van der Waals surface area (Å²) in [7, 11) is 0. The summed E-state index contributed by atoms with van der Waals surface area (Å²) in [6.45, 7) is 3.86. The van der Waals surface area contributed by atoms with Crippen LogP contribution in [0.3, 0.4) is 0 Å². The van der Waals surface area contributed by atoms with Crippen LogP contribution < -0.4 is 0 Å². The van der Waals surface area contributed by atoms with Crippen molar-refractivity contribution in [2.24, 2.45) is 0 Å². The van der Waals surface area contributed by atoms with Crippen LogP contribution in [0.15, 0.2) is 78.9 Å². The molecule has 0 spiro atoms. The van der Waals surface area contributed by atoms with Gasteiger partial charge in [0.1, 0.15) is 5.82 Å². The molecule has 1 atom stereocenters. The molecule has 3 aromatic rings. The Morgan fingerprint density at radius 3 is 2.07 bits per heavy atom. The number of hydrogen-bond acceptors (Lipinski definition) is 3. The summed E-state index contributed by atoms with van der Waals surface area (Å²) in [5.41, 5.74) is 3.35. The van der Waals surface area contributed by atoms with Gasteiger partial charge in [0.25, 0.3) is 0 Å². The predicted octanol–water partition coefficient (Wildman–Crippen LogP) is 5.62. The normalized spacial score (nSPS) is 12.0. The molecule has 0 amide bonds. The van der Waals surface area contributed by atoms with Gasteiger partial charge < -0.3 is 4.74 Å². The zero-order chi connectivity index (χ0) is 20.8. The lowest BCUT2D eigenvalue weighted by molar-refractivity contribution is -0.141. The van der Waals surface area contributed by atoms with Gasteiger partial charge in [-0.05, 0) is 26.0 Å². The molecule has 3 rings (SSSR count). The third kappa shape index (κ3) is 5.26. The molecule has 0 fully saturated rings. The summed E-state index contributed by atoms with van der Waals surface area (Å²) in [6.07, 6.45) is 1.37. The van der Waals surface area contributed by atoms with Crippen LogP contribution in [0.5, 0.6) is 0 Å². The number of hydrogen-bond donors (Lipinski definition) is 0. The summed E-state index contributed by atoms with van der Waals surface area (Å²) < 4.78 is 19.2. The molecule has 0 unspecified atom stereocenters. The van der Waals surface area contributed by atoms with Gasteiger partial charge in [0, 0.05) is 22.8 Å². The van der Waals surface area contributed by atoms with Crippen LogP contribution in [0, 0.1) is 19.7 Å². The summed E-state index contributed by atoms with van der Waals surface area (Å²) in [5, 5.41) is 0. The highest BCUT2D eigenvalue weighted by Gasteiger charge is 2.25. The minimum atomic E-state index is -1.09. The molecule has 0 aliphatic rings. The van der Waals surface area contributed by atoms with E-state index in [4.69, 9.17) is 4.74 Å². The van der Waals surface area contributed by atoms with Crippen molar-refractivity contribution in [3.05, 3.63) is 113 Å². The van der Waals surface area contributed by atoms with Gasteiger partial charge in [-0.2, -0.15) is 0 Å². The van der Waals surface area contributed by atoms with E-state index in [2.05, 4.69) is 0 Å². The van der Waals surface area contributed by atoms with Crippen LogP contribution in [0.1, 0.15) is 38.7 Å². The van der Waals surface area contributed by atoms with Gasteiger partial charge in [0.05, 0.1) is 0 Å². The van der Waals surface area contributed by atoms with Crippen molar-refractivity contribution in [3.8, 4) is 0 Å². The van der Waals surface area contributed by atoms with E-state index in [-0.39, 0.29) is 11.3 Å².